The Hall–Kier alpha value is -3.31. The Kier molecular flexibility index (Phi) is 10.4. The fourth-order valence-corrected chi connectivity index (χ4v) is 4.14. The van der Waals surface area contributed by atoms with E-state index in [1.807, 2.05) is 20.8 Å². The molecule has 2 heterocycles. The van der Waals surface area contributed by atoms with Crippen molar-refractivity contribution >= 4 is 29.6 Å². The quantitative estimate of drug-likeness (QED) is 0.217. The third kappa shape index (κ3) is 8.09. The number of esters is 1. The lowest BCUT2D eigenvalue weighted by Gasteiger charge is -2.27. The molecule has 1 N–H and O–H groups in total. The number of imide groups is 2. The summed E-state index contributed by atoms with van der Waals surface area (Å²) in [6.07, 6.45) is 2.75. The number of carbonyl (C=O) groups excluding carboxylic acids is 5. The molecule has 2 aliphatic rings. The summed E-state index contributed by atoms with van der Waals surface area (Å²) in [4.78, 5) is 62.1. The van der Waals surface area contributed by atoms with Gasteiger partial charge in [0.1, 0.15) is 17.4 Å². The molecule has 0 radical (unpaired) electrons. The van der Waals surface area contributed by atoms with E-state index in [0.717, 1.165) is 24.2 Å². The van der Waals surface area contributed by atoms with Gasteiger partial charge in [0.2, 0.25) is 11.8 Å². The Morgan fingerprint density at radius 1 is 0.947 bits per heavy atom. The molecule has 1 unspecified atom stereocenters. The highest BCUT2D eigenvalue weighted by molar-refractivity contribution is 6.24. The molecule has 1 fully saturated rings. The van der Waals surface area contributed by atoms with E-state index in [1.165, 1.54) is 6.07 Å². The third-order valence-electron chi connectivity index (χ3n) is 5.86. The van der Waals surface area contributed by atoms with Crippen molar-refractivity contribution in [2.45, 2.75) is 70.9 Å². The predicted octanol–water partition coefficient (Wildman–Crippen LogP) is 2.40. The number of unbranched alkanes of at least 4 members (excludes halogenated alkanes) is 2. The van der Waals surface area contributed by atoms with Gasteiger partial charge in [-0.1, -0.05) is 6.07 Å². The van der Waals surface area contributed by atoms with Gasteiger partial charge >= 0.3 is 5.97 Å². The number of piperidine rings is 1. The lowest BCUT2D eigenvalue weighted by molar-refractivity contribution is -0.156. The number of hydrogen-bond acceptors (Lipinski definition) is 9. The summed E-state index contributed by atoms with van der Waals surface area (Å²) < 4.78 is 21.9. The molecule has 0 bridgehead atoms. The van der Waals surface area contributed by atoms with Crippen LogP contribution in [0.3, 0.4) is 0 Å². The van der Waals surface area contributed by atoms with Gasteiger partial charge in [-0.3, -0.25) is 34.2 Å². The van der Waals surface area contributed by atoms with Gasteiger partial charge in [-0.2, -0.15) is 0 Å². The smallest absolute Gasteiger partial charge is 0.308 e. The molecule has 3 rings (SSSR count). The van der Waals surface area contributed by atoms with E-state index in [1.54, 1.807) is 12.1 Å². The van der Waals surface area contributed by atoms with Gasteiger partial charge in [-0.25, -0.2) is 0 Å². The van der Waals surface area contributed by atoms with E-state index in [9.17, 15) is 24.0 Å². The minimum absolute atomic E-state index is 0.0675. The molecule has 11 nitrogen and oxygen atoms in total. The molecular weight excluding hydrogens is 496 g/mol. The van der Waals surface area contributed by atoms with Crippen molar-refractivity contribution in [3.05, 3.63) is 29.3 Å². The van der Waals surface area contributed by atoms with Gasteiger partial charge in [-0.05, 0) is 58.6 Å². The molecule has 11 heteroatoms. The number of benzene rings is 1. The average Bonchev–Trinajstić information content (AvgIpc) is 3.09. The zero-order chi connectivity index (χ0) is 27.7. The van der Waals surface area contributed by atoms with Gasteiger partial charge in [0.15, 0.2) is 0 Å². The first-order valence-electron chi connectivity index (χ1n) is 12.9. The lowest BCUT2D eigenvalue weighted by Crippen LogP contribution is -2.54. The number of carbonyl (C=O) groups is 5. The van der Waals surface area contributed by atoms with Crippen molar-refractivity contribution in [3.8, 4) is 5.75 Å². The molecule has 4 amide bonds. The number of rotatable bonds is 14. The Morgan fingerprint density at radius 2 is 1.66 bits per heavy atom. The largest absolute Gasteiger partial charge is 0.493 e. The second-order valence-corrected chi connectivity index (χ2v) is 10.1. The van der Waals surface area contributed by atoms with Crippen LogP contribution >= 0.6 is 0 Å². The lowest BCUT2D eigenvalue weighted by atomic mass is 10.0. The van der Waals surface area contributed by atoms with Crippen LogP contribution in [-0.2, 0) is 28.6 Å². The first-order valence-corrected chi connectivity index (χ1v) is 12.9. The molecule has 0 aliphatic carbocycles. The van der Waals surface area contributed by atoms with E-state index in [-0.39, 0.29) is 43.0 Å². The van der Waals surface area contributed by atoms with Gasteiger partial charge in [0.05, 0.1) is 44.0 Å². The molecule has 0 saturated carbocycles. The maximum atomic E-state index is 13.1. The first kappa shape index (κ1) is 29.2. The van der Waals surface area contributed by atoms with Crippen LogP contribution in [0.15, 0.2) is 18.2 Å². The topological polar surface area (TPSA) is 138 Å². The van der Waals surface area contributed by atoms with E-state index >= 15 is 0 Å². The summed E-state index contributed by atoms with van der Waals surface area (Å²) in [5.41, 5.74) is -0.155. The standard InChI is InChI=1S/C27H36N2O9/c1-27(2,3)38-22(31)12-15-36-17-16-35-13-5-4-6-14-37-20-9-7-8-18-23(20)26(34)29(25(18)33)19-10-11-21(30)28-24(19)32/h7-9,19H,4-6,10-17H2,1-3H3,(H,28,30,32). The number of nitrogens with one attached hydrogen (secondary N) is 1. The van der Waals surface area contributed by atoms with Crippen LogP contribution in [0, 0.1) is 0 Å². The zero-order valence-electron chi connectivity index (χ0n) is 22.2. The Labute approximate surface area is 222 Å². The van der Waals surface area contributed by atoms with Crippen LogP contribution in [-0.4, -0.2) is 79.2 Å². The van der Waals surface area contributed by atoms with E-state index in [4.69, 9.17) is 18.9 Å². The fraction of sp³-hybridized carbons (Fsp3) is 0.593. The Morgan fingerprint density at radius 3 is 2.37 bits per heavy atom. The molecule has 2 aliphatic heterocycles. The maximum absolute atomic E-state index is 13.1. The summed E-state index contributed by atoms with van der Waals surface area (Å²) >= 11 is 0. The number of ether oxygens (including phenoxy) is 4. The second-order valence-electron chi connectivity index (χ2n) is 10.1. The summed E-state index contributed by atoms with van der Waals surface area (Å²) in [5.74, 6) is -2.19. The highest BCUT2D eigenvalue weighted by Gasteiger charge is 2.45. The second kappa shape index (κ2) is 13.5. The minimum Gasteiger partial charge on any atom is -0.493 e. The maximum Gasteiger partial charge on any atom is 0.308 e. The van der Waals surface area contributed by atoms with E-state index in [2.05, 4.69) is 5.32 Å². The van der Waals surface area contributed by atoms with Crippen molar-refractivity contribution in [3.63, 3.8) is 0 Å². The van der Waals surface area contributed by atoms with E-state index < -0.39 is 35.3 Å². The summed E-state index contributed by atoms with van der Waals surface area (Å²) in [6, 6.07) is 3.79. The molecule has 208 valence electrons. The molecule has 1 atom stereocenters. The summed E-state index contributed by atoms with van der Waals surface area (Å²) in [5, 5.41) is 2.19. The molecule has 1 saturated heterocycles. The molecule has 0 spiro atoms. The van der Waals surface area contributed by atoms with Crippen LogP contribution in [0.4, 0.5) is 0 Å². The van der Waals surface area contributed by atoms with Crippen molar-refractivity contribution in [2.75, 3.05) is 33.0 Å². The predicted molar refractivity (Wildman–Crippen MR) is 135 cm³/mol. The van der Waals surface area contributed by atoms with E-state index in [0.29, 0.717) is 32.2 Å². The molecule has 0 aromatic heterocycles. The molecule has 1 aromatic rings. The fourth-order valence-electron chi connectivity index (χ4n) is 4.14. The molecule has 1 aromatic carbocycles. The molecular formula is C27H36N2O9. The van der Waals surface area contributed by atoms with Crippen molar-refractivity contribution in [2.24, 2.45) is 0 Å². The Bertz CT molecular complexity index is 1050. The minimum atomic E-state index is -1.01. The zero-order valence-corrected chi connectivity index (χ0v) is 22.2. The van der Waals surface area contributed by atoms with Gasteiger partial charge < -0.3 is 18.9 Å². The summed E-state index contributed by atoms with van der Waals surface area (Å²) in [7, 11) is 0. The van der Waals surface area contributed by atoms with Gasteiger partial charge in [0.25, 0.3) is 11.8 Å². The van der Waals surface area contributed by atoms with Crippen LogP contribution in [0.25, 0.3) is 0 Å². The van der Waals surface area contributed by atoms with Crippen molar-refractivity contribution in [1.29, 1.82) is 0 Å². The van der Waals surface area contributed by atoms with Crippen molar-refractivity contribution in [1.82, 2.24) is 10.2 Å². The molecule has 38 heavy (non-hydrogen) atoms. The number of nitrogens with zero attached hydrogens (tertiary/aromatic N) is 1. The normalized spacial score (nSPS) is 17.4. The highest BCUT2D eigenvalue weighted by atomic mass is 16.6. The van der Waals surface area contributed by atoms with Crippen LogP contribution < -0.4 is 10.1 Å². The number of hydrogen-bond donors (Lipinski definition) is 1. The van der Waals surface area contributed by atoms with Crippen LogP contribution in [0.1, 0.15) is 80.0 Å². The van der Waals surface area contributed by atoms with Gasteiger partial charge in [-0.15, -0.1) is 0 Å². The number of fused-ring (bicyclic) bond motifs is 1. The van der Waals surface area contributed by atoms with Crippen LogP contribution in [0.2, 0.25) is 0 Å². The van der Waals surface area contributed by atoms with Crippen molar-refractivity contribution < 1.29 is 42.9 Å². The Balaban J connectivity index is 1.31. The SMILES string of the molecule is CC(C)(C)OC(=O)CCOCCOCCCCCOc1cccc2c1C(=O)N(C1CCC(=O)NC1=O)C2=O. The first-order chi connectivity index (χ1) is 18.1. The number of amides is 4. The summed E-state index contributed by atoms with van der Waals surface area (Å²) in [6.45, 7) is 7.49. The third-order valence-corrected chi connectivity index (χ3v) is 5.86. The highest BCUT2D eigenvalue weighted by Crippen LogP contribution is 2.33. The monoisotopic (exact) mass is 532 g/mol. The van der Waals surface area contributed by atoms with Crippen LogP contribution in [0.5, 0.6) is 5.75 Å². The average molecular weight is 533 g/mol. The van der Waals surface area contributed by atoms with Gasteiger partial charge in [0, 0.05) is 13.0 Å².